The summed E-state index contributed by atoms with van der Waals surface area (Å²) < 4.78 is 0. The van der Waals surface area contributed by atoms with E-state index in [9.17, 15) is 0 Å². The topological polar surface area (TPSA) is 0 Å². The zero-order valence-corrected chi connectivity index (χ0v) is 5.59. The van der Waals surface area contributed by atoms with Crippen LogP contribution >= 0.6 is 0 Å². The summed E-state index contributed by atoms with van der Waals surface area (Å²) in [6.07, 6.45) is 4.86. The van der Waals surface area contributed by atoms with E-state index in [0.29, 0.717) is 0 Å². The van der Waals surface area contributed by atoms with Gasteiger partial charge in [-0.05, 0) is 54.8 Å². The van der Waals surface area contributed by atoms with E-state index >= 15 is 0 Å². The average Bonchev–Trinajstić information content (AvgIpc) is 1.88. The molecule has 0 heterocycles. The van der Waals surface area contributed by atoms with Crippen molar-refractivity contribution in [2.24, 2.45) is 35.5 Å². The van der Waals surface area contributed by atoms with Gasteiger partial charge in [-0.3, -0.25) is 0 Å². The van der Waals surface area contributed by atoms with Gasteiger partial charge in [0.25, 0.3) is 0 Å². The summed E-state index contributed by atoms with van der Waals surface area (Å²) in [4.78, 5) is 0. The zero-order chi connectivity index (χ0) is 5.59. The Balaban J connectivity index is 1.87. The van der Waals surface area contributed by atoms with Crippen LogP contribution in [0.1, 0.15) is 19.3 Å². The fraction of sp³-hybridized carbons (Fsp3) is 1.00. The summed E-state index contributed by atoms with van der Waals surface area (Å²) in [7, 11) is 0. The first-order valence-electron chi connectivity index (χ1n) is 4.47. The minimum absolute atomic E-state index is 1.26. The van der Waals surface area contributed by atoms with Crippen LogP contribution in [0, 0.1) is 35.5 Å². The first kappa shape index (κ1) is 4.00. The van der Waals surface area contributed by atoms with Crippen molar-refractivity contribution in [3.63, 3.8) is 0 Å². The van der Waals surface area contributed by atoms with Gasteiger partial charge in [-0.25, -0.2) is 0 Å². The maximum absolute atomic E-state index is 1.64. The average molecular weight is 120 g/mol. The Morgan fingerprint density at radius 1 is 0.667 bits per heavy atom. The Bertz CT molecular complexity index is 152. The lowest BCUT2D eigenvalue weighted by atomic mass is 9.45. The molecule has 0 aliphatic heterocycles. The summed E-state index contributed by atoms with van der Waals surface area (Å²) in [6.45, 7) is 0. The summed E-state index contributed by atoms with van der Waals surface area (Å²) in [5, 5.41) is 0. The smallest absolute Gasteiger partial charge is 0.0320 e. The van der Waals surface area contributed by atoms with E-state index in [1.165, 1.54) is 35.5 Å². The molecule has 0 amide bonds. The molecule has 0 radical (unpaired) electrons. The molecule has 6 saturated carbocycles. The van der Waals surface area contributed by atoms with Gasteiger partial charge in [0.05, 0.1) is 0 Å². The molecule has 2 atom stereocenters. The summed E-state index contributed by atoms with van der Waals surface area (Å²) in [5.74, 6) is 7.64. The normalized spacial score (nSPS) is 80.0. The Kier molecular flexibility index (Phi) is 0.395. The molecule has 0 N–H and O–H groups in total. The number of hydrogen-bond donors (Lipinski definition) is 0. The third-order valence-corrected chi connectivity index (χ3v) is 4.89. The Labute approximate surface area is 55.6 Å². The lowest BCUT2D eigenvalue weighted by Crippen LogP contribution is -2.54. The molecule has 48 valence electrons. The molecule has 9 heavy (non-hydrogen) atoms. The van der Waals surface area contributed by atoms with Gasteiger partial charge in [0.1, 0.15) is 0 Å². The molecule has 6 rings (SSSR count). The van der Waals surface area contributed by atoms with Gasteiger partial charge in [-0.2, -0.15) is 0 Å². The molecule has 2 unspecified atom stereocenters. The van der Waals surface area contributed by atoms with Crippen LogP contribution in [-0.2, 0) is 0 Å². The quantitative estimate of drug-likeness (QED) is 0.458. The van der Waals surface area contributed by atoms with Crippen LogP contribution in [0.5, 0.6) is 0 Å². The second-order valence-corrected chi connectivity index (χ2v) is 4.62. The van der Waals surface area contributed by atoms with Crippen LogP contribution in [0.4, 0.5) is 0 Å². The van der Waals surface area contributed by atoms with Gasteiger partial charge < -0.3 is 0 Å². The lowest BCUT2D eigenvalue weighted by molar-refractivity contribution is -0.113. The SMILES string of the molecule is C1CC2C1C1C3CC1C23. The highest BCUT2D eigenvalue weighted by atomic mass is 14.8. The predicted molar refractivity (Wildman–Crippen MR) is 34.8 cm³/mol. The van der Waals surface area contributed by atoms with E-state index in [1.807, 2.05) is 0 Å². The summed E-state index contributed by atoms with van der Waals surface area (Å²) in [6, 6.07) is 0. The molecule has 0 spiro atoms. The first-order valence-corrected chi connectivity index (χ1v) is 4.47. The predicted octanol–water partition coefficient (Wildman–Crippen LogP) is 1.91. The van der Waals surface area contributed by atoms with Crippen LogP contribution in [0.3, 0.4) is 0 Å². The van der Waals surface area contributed by atoms with Crippen molar-refractivity contribution >= 4 is 0 Å². The van der Waals surface area contributed by atoms with Crippen molar-refractivity contribution in [2.75, 3.05) is 0 Å². The molecular formula is C9H12. The largest absolute Gasteiger partial charge is 0.0496 e. The van der Waals surface area contributed by atoms with E-state index in [0.717, 1.165) is 0 Å². The van der Waals surface area contributed by atoms with Gasteiger partial charge in [0.15, 0.2) is 0 Å². The van der Waals surface area contributed by atoms with E-state index in [4.69, 9.17) is 0 Å². The molecule has 0 nitrogen and oxygen atoms in total. The molecule has 6 aliphatic carbocycles. The van der Waals surface area contributed by atoms with Gasteiger partial charge in [0, 0.05) is 0 Å². The molecule has 0 heteroatoms. The molecule has 0 aromatic carbocycles. The van der Waals surface area contributed by atoms with E-state index in [-0.39, 0.29) is 0 Å². The zero-order valence-electron chi connectivity index (χ0n) is 5.59. The van der Waals surface area contributed by atoms with Gasteiger partial charge in [0.2, 0.25) is 0 Å². The highest BCUT2D eigenvalue weighted by molar-refractivity contribution is 5.22. The minimum Gasteiger partial charge on any atom is -0.0496 e. The van der Waals surface area contributed by atoms with Crippen molar-refractivity contribution in [3.05, 3.63) is 0 Å². The van der Waals surface area contributed by atoms with Crippen molar-refractivity contribution in [1.82, 2.24) is 0 Å². The molecular weight excluding hydrogens is 108 g/mol. The van der Waals surface area contributed by atoms with Gasteiger partial charge in [-0.1, -0.05) is 0 Å². The maximum atomic E-state index is 1.64. The second kappa shape index (κ2) is 0.889. The van der Waals surface area contributed by atoms with Crippen LogP contribution in [0.2, 0.25) is 0 Å². The fourth-order valence-corrected chi connectivity index (χ4v) is 4.33. The maximum Gasteiger partial charge on any atom is -0.0320 e. The first-order chi connectivity index (χ1) is 4.47. The lowest BCUT2D eigenvalue weighted by Gasteiger charge is -2.59. The Morgan fingerprint density at radius 2 is 1.22 bits per heavy atom. The Morgan fingerprint density at radius 3 is 1.44 bits per heavy atom. The van der Waals surface area contributed by atoms with Gasteiger partial charge >= 0.3 is 0 Å². The third kappa shape index (κ3) is 0.210. The molecule has 0 aromatic heterocycles. The van der Waals surface area contributed by atoms with Crippen molar-refractivity contribution in [1.29, 1.82) is 0 Å². The second-order valence-electron chi connectivity index (χ2n) is 4.62. The van der Waals surface area contributed by atoms with E-state index < -0.39 is 0 Å². The monoisotopic (exact) mass is 120 g/mol. The summed E-state index contributed by atoms with van der Waals surface area (Å²) in [5.41, 5.74) is 0. The standard InChI is InChI=1S/C9H12/c1-2-5-4(1)8-6-3-7(8)9(5)6/h4-9H,1-3H2. The molecule has 0 saturated heterocycles. The molecule has 6 fully saturated rings. The van der Waals surface area contributed by atoms with Crippen LogP contribution in [0.25, 0.3) is 0 Å². The highest BCUT2D eigenvalue weighted by Crippen LogP contribution is 2.80. The third-order valence-electron chi connectivity index (χ3n) is 4.89. The van der Waals surface area contributed by atoms with Crippen molar-refractivity contribution in [3.8, 4) is 0 Å². The Hall–Kier alpha value is 0. The van der Waals surface area contributed by atoms with Crippen molar-refractivity contribution < 1.29 is 0 Å². The molecule has 4 bridgehead atoms. The number of hydrogen-bond acceptors (Lipinski definition) is 0. The van der Waals surface area contributed by atoms with Crippen molar-refractivity contribution in [2.45, 2.75) is 19.3 Å². The molecule has 6 aliphatic rings. The number of rotatable bonds is 0. The van der Waals surface area contributed by atoms with Crippen LogP contribution in [0.15, 0.2) is 0 Å². The minimum atomic E-state index is 1.26. The van der Waals surface area contributed by atoms with Gasteiger partial charge in [-0.15, -0.1) is 0 Å². The highest BCUT2D eigenvalue weighted by Gasteiger charge is 2.74. The van der Waals surface area contributed by atoms with E-state index in [2.05, 4.69) is 0 Å². The van der Waals surface area contributed by atoms with Crippen LogP contribution < -0.4 is 0 Å². The fourth-order valence-electron chi connectivity index (χ4n) is 4.33. The van der Waals surface area contributed by atoms with E-state index in [1.54, 1.807) is 19.3 Å². The molecule has 0 aromatic rings. The summed E-state index contributed by atoms with van der Waals surface area (Å²) >= 11 is 0. The van der Waals surface area contributed by atoms with Crippen LogP contribution in [-0.4, -0.2) is 0 Å².